The summed E-state index contributed by atoms with van der Waals surface area (Å²) < 4.78 is 15.4. The fourth-order valence-electron chi connectivity index (χ4n) is 3.01. The molecule has 8 heteroatoms. The van der Waals surface area contributed by atoms with Crippen LogP contribution >= 0.6 is 11.6 Å². The van der Waals surface area contributed by atoms with Crippen molar-refractivity contribution in [3.8, 4) is 11.3 Å². The van der Waals surface area contributed by atoms with Crippen LogP contribution in [0.3, 0.4) is 0 Å². The molecule has 0 saturated carbocycles. The van der Waals surface area contributed by atoms with Gasteiger partial charge in [-0.1, -0.05) is 48.0 Å². The second-order valence-electron chi connectivity index (χ2n) is 6.84. The van der Waals surface area contributed by atoms with Crippen LogP contribution in [0.25, 0.3) is 11.3 Å². The number of benzene rings is 2. The number of rotatable bonds is 6. The van der Waals surface area contributed by atoms with Gasteiger partial charge < -0.3 is 10.6 Å². The van der Waals surface area contributed by atoms with Crippen molar-refractivity contribution in [2.45, 2.75) is 13.8 Å². The summed E-state index contributed by atoms with van der Waals surface area (Å²) in [6.45, 7) is 3.50. The van der Waals surface area contributed by atoms with Gasteiger partial charge in [0.15, 0.2) is 0 Å². The van der Waals surface area contributed by atoms with E-state index in [0.717, 1.165) is 5.56 Å². The summed E-state index contributed by atoms with van der Waals surface area (Å²) in [4.78, 5) is 24.8. The first-order chi connectivity index (χ1) is 15.3. The smallest absolute Gasteiger partial charge is 0.259 e. The summed E-state index contributed by atoms with van der Waals surface area (Å²) >= 11 is 6.07. The van der Waals surface area contributed by atoms with Crippen LogP contribution in [0.4, 0.5) is 15.9 Å². The first kappa shape index (κ1) is 23.0. The number of halogens is 2. The molecule has 32 heavy (non-hydrogen) atoms. The van der Waals surface area contributed by atoms with Crippen LogP contribution in [0.1, 0.15) is 24.2 Å². The molecule has 0 atom stereocenters. The van der Waals surface area contributed by atoms with Crippen LogP contribution in [-0.4, -0.2) is 21.6 Å². The third-order valence-electron chi connectivity index (χ3n) is 4.72. The number of amides is 2. The monoisotopic (exact) mass is 452 g/mol. The number of nitrogens with zero attached hydrogens (tertiary/aromatic N) is 2. The molecular weight excluding hydrogens is 431 g/mol. The number of anilines is 2. The van der Waals surface area contributed by atoms with Gasteiger partial charge in [-0.3, -0.25) is 14.3 Å². The zero-order chi connectivity index (χ0) is 23.3. The third kappa shape index (κ3) is 5.12. The second-order valence-corrected chi connectivity index (χ2v) is 7.25. The molecular formula is C24H22ClFN4O2. The third-order valence-corrected chi connectivity index (χ3v) is 5.14. The van der Waals surface area contributed by atoms with Crippen molar-refractivity contribution in [2.75, 3.05) is 10.6 Å². The van der Waals surface area contributed by atoms with E-state index < -0.39 is 11.7 Å². The number of nitrogens with one attached hydrogen (secondary N) is 2. The van der Waals surface area contributed by atoms with Crippen LogP contribution in [0.2, 0.25) is 0 Å². The Labute approximate surface area is 190 Å². The highest BCUT2D eigenvalue weighted by molar-refractivity contribution is 6.36. The highest BCUT2D eigenvalue weighted by Crippen LogP contribution is 2.24. The van der Waals surface area contributed by atoms with Gasteiger partial charge in [0.1, 0.15) is 11.6 Å². The molecule has 0 fully saturated rings. The standard InChI is InChI=1S/C24H22ClFN4O2/c1-4-17(19(25)5-2)23(31)27-16-12-10-15(11-13-16)21-14-22(30(3)29-21)28-24(32)18-8-6-7-9-20(18)26/h4-14H,1-3H3,(H,27,31)(H,28,32)/b17-4+,19-5+. The van der Waals surface area contributed by atoms with E-state index in [9.17, 15) is 14.0 Å². The van der Waals surface area contributed by atoms with E-state index >= 15 is 0 Å². The molecule has 2 aromatic carbocycles. The predicted molar refractivity (Wildman–Crippen MR) is 125 cm³/mol. The van der Waals surface area contributed by atoms with Gasteiger partial charge in [0, 0.05) is 29.4 Å². The first-order valence-electron chi connectivity index (χ1n) is 9.84. The lowest BCUT2D eigenvalue weighted by Gasteiger charge is -2.08. The predicted octanol–water partition coefficient (Wildman–Crippen LogP) is 5.51. The molecule has 0 aliphatic carbocycles. The summed E-state index contributed by atoms with van der Waals surface area (Å²) in [6, 6.07) is 14.5. The van der Waals surface area contributed by atoms with Crippen molar-refractivity contribution in [2.24, 2.45) is 7.05 Å². The van der Waals surface area contributed by atoms with Gasteiger partial charge in [0.2, 0.25) is 0 Å². The minimum absolute atomic E-state index is 0.0473. The highest BCUT2D eigenvalue weighted by Gasteiger charge is 2.15. The quantitative estimate of drug-likeness (QED) is 0.382. The van der Waals surface area contributed by atoms with Crippen LogP contribution in [0.15, 0.2) is 77.4 Å². The zero-order valence-electron chi connectivity index (χ0n) is 17.8. The van der Waals surface area contributed by atoms with Gasteiger partial charge in [0.25, 0.3) is 11.8 Å². The topological polar surface area (TPSA) is 76.0 Å². The Hall–Kier alpha value is -3.71. The Morgan fingerprint density at radius 3 is 2.34 bits per heavy atom. The number of hydrogen-bond donors (Lipinski definition) is 2. The Balaban J connectivity index is 1.74. The maximum Gasteiger partial charge on any atom is 0.259 e. The van der Waals surface area contributed by atoms with Crippen molar-refractivity contribution >= 4 is 34.9 Å². The largest absolute Gasteiger partial charge is 0.322 e. The molecule has 0 radical (unpaired) electrons. The summed E-state index contributed by atoms with van der Waals surface area (Å²) in [5, 5.41) is 10.3. The van der Waals surface area contributed by atoms with E-state index in [-0.39, 0.29) is 11.5 Å². The van der Waals surface area contributed by atoms with E-state index in [1.165, 1.54) is 22.9 Å². The Morgan fingerprint density at radius 1 is 1.03 bits per heavy atom. The Kier molecular flexibility index (Phi) is 7.22. The van der Waals surface area contributed by atoms with E-state index in [1.54, 1.807) is 69.4 Å². The van der Waals surface area contributed by atoms with Gasteiger partial charge in [0.05, 0.1) is 16.8 Å². The molecule has 1 aromatic heterocycles. The molecule has 0 bridgehead atoms. The number of aromatic nitrogens is 2. The molecule has 164 valence electrons. The summed E-state index contributed by atoms with van der Waals surface area (Å²) in [5.74, 6) is -1.04. The number of carbonyl (C=O) groups excluding carboxylic acids is 2. The van der Waals surface area contributed by atoms with Crippen LogP contribution in [0, 0.1) is 5.82 Å². The second kappa shape index (κ2) is 10.1. The summed E-state index contributed by atoms with van der Waals surface area (Å²) in [7, 11) is 1.68. The van der Waals surface area contributed by atoms with Crippen molar-refractivity contribution in [3.63, 3.8) is 0 Å². The number of hydrogen-bond acceptors (Lipinski definition) is 3. The number of aryl methyl sites for hydroxylation is 1. The van der Waals surface area contributed by atoms with Gasteiger partial charge in [-0.25, -0.2) is 4.39 Å². The number of carbonyl (C=O) groups is 2. The molecule has 3 rings (SSSR count). The van der Waals surface area contributed by atoms with Crippen molar-refractivity contribution < 1.29 is 14.0 Å². The fourth-order valence-corrected chi connectivity index (χ4v) is 3.20. The fraction of sp³-hybridized carbons (Fsp3) is 0.125. The lowest BCUT2D eigenvalue weighted by Crippen LogP contribution is -2.15. The van der Waals surface area contributed by atoms with Gasteiger partial charge in [-0.05, 0) is 38.1 Å². The molecule has 0 saturated heterocycles. The first-order valence-corrected chi connectivity index (χ1v) is 10.2. The SMILES string of the molecule is C/C=C(C(=O)Nc1ccc(-c2cc(NC(=O)c3ccccc3F)n(C)n2)cc1)\C(Cl)=C/C. The van der Waals surface area contributed by atoms with Crippen molar-refractivity contribution in [1.29, 1.82) is 0 Å². The minimum atomic E-state index is -0.596. The maximum absolute atomic E-state index is 13.9. The van der Waals surface area contributed by atoms with E-state index in [4.69, 9.17) is 11.6 Å². The normalized spacial score (nSPS) is 11.9. The molecule has 3 aromatic rings. The Morgan fingerprint density at radius 2 is 1.72 bits per heavy atom. The molecule has 1 heterocycles. The van der Waals surface area contributed by atoms with E-state index in [1.807, 2.05) is 0 Å². The lowest BCUT2D eigenvalue weighted by atomic mass is 10.1. The average Bonchev–Trinajstić information content (AvgIpc) is 3.14. The molecule has 0 aliphatic rings. The average molecular weight is 453 g/mol. The zero-order valence-corrected chi connectivity index (χ0v) is 18.6. The van der Waals surface area contributed by atoms with Crippen molar-refractivity contribution in [1.82, 2.24) is 9.78 Å². The number of allylic oxidation sites excluding steroid dienone is 2. The summed E-state index contributed by atoms with van der Waals surface area (Å²) in [6.07, 6.45) is 3.31. The molecule has 0 aliphatic heterocycles. The molecule has 2 N–H and O–H groups in total. The van der Waals surface area contributed by atoms with Crippen molar-refractivity contribution in [3.05, 3.63) is 88.7 Å². The maximum atomic E-state index is 13.9. The molecule has 0 unspecified atom stereocenters. The molecule has 0 spiro atoms. The molecule has 2 amide bonds. The summed E-state index contributed by atoms with van der Waals surface area (Å²) in [5.41, 5.74) is 2.33. The lowest BCUT2D eigenvalue weighted by molar-refractivity contribution is -0.112. The minimum Gasteiger partial charge on any atom is -0.322 e. The van der Waals surface area contributed by atoms with E-state index in [0.29, 0.717) is 27.8 Å². The van der Waals surface area contributed by atoms with Crippen LogP contribution in [0.5, 0.6) is 0 Å². The van der Waals surface area contributed by atoms with Gasteiger partial charge >= 0.3 is 0 Å². The molecule has 6 nitrogen and oxygen atoms in total. The van der Waals surface area contributed by atoms with Gasteiger partial charge in [-0.15, -0.1) is 0 Å². The van der Waals surface area contributed by atoms with Gasteiger partial charge in [-0.2, -0.15) is 5.10 Å². The van der Waals surface area contributed by atoms with Crippen LogP contribution < -0.4 is 10.6 Å². The van der Waals surface area contributed by atoms with E-state index in [2.05, 4.69) is 15.7 Å². The Bertz CT molecular complexity index is 1210. The highest BCUT2D eigenvalue weighted by atomic mass is 35.5. The van der Waals surface area contributed by atoms with Crippen LogP contribution in [-0.2, 0) is 11.8 Å².